The molecule has 0 unspecified atom stereocenters. The predicted molar refractivity (Wildman–Crippen MR) is 93.1 cm³/mol. The number of hydrogen-bond donors (Lipinski definition) is 1. The summed E-state index contributed by atoms with van der Waals surface area (Å²) in [5.74, 6) is 0. The summed E-state index contributed by atoms with van der Waals surface area (Å²) in [6.07, 6.45) is 3.85. The fourth-order valence-corrected chi connectivity index (χ4v) is 3.16. The van der Waals surface area contributed by atoms with E-state index in [0.29, 0.717) is 6.04 Å². The third-order valence-corrected chi connectivity index (χ3v) is 3.81. The summed E-state index contributed by atoms with van der Waals surface area (Å²) >= 11 is 3.53. The molecule has 3 nitrogen and oxygen atoms in total. The van der Waals surface area contributed by atoms with Gasteiger partial charge in [0.1, 0.15) is 0 Å². The number of nitrogens with zero attached hydrogens (tertiary/aromatic N) is 2. The molecular weight excluding hydrogens is 361 g/mol. The fraction of sp³-hybridized carbons (Fsp3) is 0.643. The van der Waals surface area contributed by atoms with E-state index in [-0.39, 0.29) is 30.2 Å². The molecule has 0 amide bonds. The number of piperazine rings is 1. The summed E-state index contributed by atoms with van der Waals surface area (Å²) in [5, 5.41) is 3.42. The second-order valence-electron chi connectivity index (χ2n) is 5.99. The number of pyridine rings is 1. The van der Waals surface area contributed by atoms with E-state index in [9.17, 15) is 0 Å². The first-order valence-electron chi connectivity index (χ1n) is 6.54. The number of nitrogens with one attached hydrogen (secondary N) is 1. The van der Waals surface area contributed by atoms with Gasteiger partial charge in [0.25, 0.3) is 0 Å². The van der Waals surface area contributed by atoms with Gasteiger partial charge >= 0.3 is 0 Å². The zero-order valence-corrected chi connectivity index (χ0v) is 15.4. The zero-order chi connectivity index (χ0) is 13.2. The summed E-state index contributed by atoms with van der Waals surface area (Å²) in [6.45, 7) is 11.3. The molecule has 1 saturated heterocycles. The molecule has 0 radical (unpaired) electrons. The first-order chi connectivity index (χ1) is 8.48. The lowest BCUT2D eigenvalue weighted by atomic mass is 9.81. The van der Waals surface area contributed by atoms with Crippen molar-refractivity contribution < 1.29 is 0 Å². The molecule has 0 bridgehead atoms. The Balaban J connectivity index is 0.00000180. The van der Waals surface area contributed by atoms with Crippen molar-refractivity contribution >= 4 is 40.7 Å². The molecule has 0 saturated carbocycles. The van der Waals surface area contributed by atoms with E-state index in [4.69, 9.17) is 0 Å². The van der Waals surface area contributed by atoms with Crippen LogP contribution in [-0.2, 0) is 0 Å². The molecule has 1 aliphatic rings. The van der Waals surface area contributed by atoms with E-state index in [1.807, 2.05) is 12.4 Å². The van der Waals surface area contributed by atoms with Crippen molar-refractivity contribution in [2.24, 2.45) is 5.41 Å². The van der Waals surface area contributed by atoms with Crippen LogP contribution in [0.25, 0.3) is 0 Å². The molecule has 1 aromatic rings. The van der Waals surface area contributed by atoms with Crippen LogP contribution in [-0.4, -0.2) is 36.1 Å². The summed E-state index contributed by atoms with van der Waals surface area (Å²) in [5.41, 5.74) is 1.51. The summed E-state index contributed by atoms with van der Waals surface area (Å²) in [4.78, 5) is 6.89. The SMILES string of the molecule is CC(C)(C)[C@H](c1cncc(Br)c1)N1CCNCC1.Cl.Cl. The summed E-state index contributed by atoms with van der Waals surface area (Å²) in [6, 6.07) is 2.62. The maximum atomic E-state index is 4.32. The maximum Gasteiger partial charge on any atom is 0.0413 e. The van der Waals surface area contributed by atoms with E-state index < -0.39 is 0 Å². The number of aromatic nitrogens is 1. The fourth-order valence-electron chi connectivity index (χ4n) is 2.78. The average Bonchev–Trinajstić information content (AvgIpc) is 2.28. The topological polar surface area (TPSA) is 28.2 Å². The molecule has 2 rings (SSSR count). The minimum absolute atomic E-state index is 0. The van der Waals surface area contributed by atoms with Gasteiger partial charge in [-0.25, -0.2) is 0 Å². The standard InChI is InChI=1S/C14H22BrN3.2ClH/c1-14(2,3)13(18-6-4-16-5-7-18)11-8-12(15)10-17-9-11;;/h8-10,13,16H,4-7H2,1-3H3;2*1H/t13-;;/m0../s1. The molecule has 0 aliphatic carbocycles. The minimum Gasteiger partial charge on any atom is -0.314 e. The zero-order valence-electron chi connectivity index (χ0n) is 12.2. The van der Waals surface area contributed by atoms with Crippen LogP contribution in [0.1, 0.15) is 32.4 Å². The smallest absolute Gasteiger partial charge is 0.0413 e. The van der Waals surface area contributed by atoms with Crippen molar-refractivity contribution in [2.75, 3.05) is 26.2 Å². The molecule has 1 fully saturated rings. The highest BCUT2D eigenvalue weighted by Crippen LogP contribution is 2.38. The van der Waals surface area contributed by atoms with Gasteiger partial charge in [0.05, 0.1) is 0 Å². The molecule has 1 aromatic heterocycles. The molecule has 1 atom stereocenters. The maximum absolute atomic E-state index is 4.32. The lowest BCUT2D eigenvalue weighted by Crippen LogP contribution is -2.48. The van der Waals surface area contributed by atoms with Crippen LogP contribution in [0.5, 0.6) is 0 Å². The van der Waals surface area contributed by atoms with Gasteiger partial charge in [-0.15, -0.1) is 24.8 Å². The van der Waals surface area contributed by atoms with Crippen LogP contribution in [0.15, 0.2) is 22.9 Å². The van der Waals surface area contributed by atoms with Gasteiger partial charge in [-0.1, -0.05) is 20.8 Å². The second kappa shape index (κ2) is 8.54. The average molecular weight is 385 g/mol. The minimum atomic E-state index is 0. The molecule has 1 aliphatic heterocycles. The van der Waals surface area contributed by atoms with E-state index in [2.05, 4.69) is 58.0 Å². The first-order valence-corrected chi connectivity index (χ1v) is 7.33. The molecule has 0 spiro atoms. The Labute approximate surface area is 142 Å². The summed E-state index contributed by atoms with van der Waals surface area (Å²) < 4.78 is 1.06. The van der Waals surface area contributed by atoms with Gasteiger partial charge in [0, 0.05) is 49.1 Å². The third kappa shape index (κ3) is 5.15. The Hall–Kier alpha value is 0.130. The van der Waals surface area contributed by atoms with Crippen LogP contribution in [0.2, 0.25) is 0 Å². The molecule has 116 valence electrons. The Bertz CT molecular complexity index is 404. The van der Waals surface area contributed by atoms with Crippen LogP contribution in [0.4, 0.5) is 0 Å². The number of halogens is 3. The first kappa shape index (κ1) is 20.1. The molecular formula is C14H24BrCl2N3. The summed E-state index contributed by atoms with van der Waals surface area (Å²) in [7, 11) is 0. The van der Waals surface area contributed by atoms with Crippen molar-refractivity contribution in [1.29, 1.82) is 0 Å². The van der Waals surface area contributed by atoms with Gasteiger partial charge in [-0.2, -0.15) is 0 Å². The van der Waals surface area contributed by atoms with Crippen molar-refractivity contribution in [1.82, 2.24) is 15.2 Å². The van der Waals surface area contributed by atoms with E-state index in [1.54, 1.807) is 0 Å². The van der Waals surface area contributed by atoms with Crippen LogP contribution < -0.4 is 5.32 Å². The Kier molecular flexibility index (Phi) is 8.60. The molecule has 6 heteroatoms. The molecule has 2 heterocycles. The number of hydrogen-bond acceptors (Lipinski definition) is 3. The van der Waals surface area contributed by atoms with E-state index >= 15 is 0 Å². The van der Waals surface area contributed by atoms with Gasteiger partial charge < -0.3 is 5.32 Å². The lowest BCUT2D eigenvalue weighted by Gasteiger charge is -2.42. The number of rotatable bonds is 2. The highest BCUT2D eigenvalue weighted by atomic mass is 79.9. The van der Waals surface area contributed by atoms with Crippen LogP contribution >= 0.6 is 40.7 Å². The molecule has 20 heavy (non-hydrogen) atoms. The van der Waals surface area contributed by atoms with Crippen molar-refractivity contribution in [3.05, 3.63) is 28.5 Å². The highest BCUT2D eigenvalue weighted by Gasteiger charge is 2.32. The van der Waals surface area contributed by atoms with E-state index in [0.717, 1.165) is 30.7 Å². The van der Waals surface area contributed by atoms with Crippen molar-refractivity contribution in [3.63, 3.8) is 0 Å². The Morgan fingerprint density at radius 1 is 1.20 bits per heavy atom. The second-order valence-corrected chi connectivity index (χ2v) is 6.91. The Morgan fingerprint density at radius 2 is 1.80 bits per heavy atom. The third-order valence-electron chi connectivity index (χ3n) is 3.38. The largest absolute Gasteiger partial charge is 0.314 e. The monoisotopic (exact) mass is 383 g/mol. The van der Waals surface area contributed by atoms with E-state index in [1.165, 1.54) is 5.56 Å². The quantitative estimate of drug-likeness (QED) is 0.842. The van der Waals surface area contributed by atoms with Gasteiger partial charge in [0.15, 0.2) is 0 Å². The molecule has 1 N–H and O–H groups in total. The Morgan fingerprint density at radius 3 is 2.30 bits per heavy atom. The van der Waals surface area contributed by atoms with Gasteiger partial charge in [-0.3, -0.25) is 9.88 Å². The lowest BCUT2D eigenvalue weighted by molar-refractivity contribution is 0.0859. The van der Waals surface area contributed by atoms with Crippen molar-refractivity contribution in [3.8, 4) is 0 Å². The van der Waals surface area contributed by atoms with Crippen LogP contribution in [0.3, 0.4) is 0 Å². The molecule has 0 aromatic carbocycles. The van der Waals surface area contributed by atoms with Gasteiger partial charge in [0.2, 0.25) is 0 Å². The van der Waals surface area contributed by atoms with Crippen LogP contribution in [0, 0.1) is 5.41 Å². The van der Waals surface area contributed by atoms with Crippen molar-refractivity contribution in [2.45, 2.75) is 26.8 Å². The van der Waals surface area contributed by atoms with Gasteiger partial charge in [-0.05, 0) is 33.0 Å². The predicted octanol–water partition coefficient (Wildman–Crippen LogP) is 3.68. The highest BCUT2D eigenvalue weighted by molar-refractivity contribution is 9.10. The normalized spacial score (nSPS) is 17.8.